The predicted octanol–water partition coefficient (Wildman–Crippen LogP) is 5.71. The van der Waals surface area contributed by atoms with E-state index in [0.29, 0.717) is 5.56 Å². The standard InChI is InChI=1S/C37H48FN11O12P2S2.C4H8O/c1-37(2,3)65(6,7)61-26-23-17-56-62(52,53)59-27(29(38)48-19-43-24-30(41-18-42-31(24)48)45-33(50)21-12-9-8-10-13-21)22(54-5)16-57-63(64,55-15-11-14-39)60-28(26)35(58-23)49-20-44-25-32(49)46-36(40-4)47-34(25)51;1-4(2)3-5/h8-10,12-13,18-20,22-23,26-29,35H,11,15-17H2,1-7H3,(H,52,53)(H2,40,46,47,51)(H,41,42,45,50);3-4H,1-2H3/t22?,23?,26-,27-,28-,29+,35?,63?;/m1./s1. The van der Waals surface area contributed by atoms with Gasteiger partial charge in [0.1, 0.15) is 43.1 Å². The molecule has 4 N–H and O–H groups in total. The maximum absolute atomic E-state index is 17.2. The van der Waals surface area contributed by atoms with Gasteiger partial charge in [0.05, 0.1) is 45.0 Å². The summed E-state index contributed by atoms with van der Waals surface area (Å²) >= 11 is 6.01. The van der Waals surface area contributed by atoms with Crippen molar-refractivity contribution in [1.82, 2.24) is 39.0 Å². The number of rotatable bonds is 13. The summed E-state index contributed by atoms with van der Waals surface area (Å²) in [6.07, 6.45) is -3.00. The maximum atomic E-state index is 17.2. The van der Waals surface area contributed by atoms with Gasteiger partial charge in [-0.05, 0) is 36.5 Å². The molecule has 2 aliphatic rings. The molecule has 2 bridgehead atoms. The van der Waals surface area contributed by atoms with Crippen LogP contribution in [0.25, 0.3) is 22.3 Å². The summed E-state index contributed by atoms with van der Waals surface area (Å²) in [6.45, 7) is 3.85. The normalized spacial score (nSPS) is 26.2. The van der Waals surface area contributed by atoms with E-state index in [0.717, 1.165) is 23.5 Å². The molecule has 2 fully saturated rings. The Morgan fingerprint density at radius 1 is 1.11 bits per heavy atom. The smallest absolute Gasteiger partial charge is 0.376 e. The van der Waals surface area contributed by atoms with E-state index in [-0.39, 0.29) is 53.0 Å². The number of hydrogen-bond acceptors (Lipinski definition) is 20. The van der Waals surface area contributed by atoms with E-state index in [1.807, 2.05) is 53.2 Å². The molecule has 2 aliphatic heterocycles. The van der Waals surface area contributed by atoms with Crippen molar-refractivity contribution in [2.75, 3.05) is 57.1 Å². The lowest BCUT2D eigenvalue weighted by Crippen LogP contribution is -2.41. The molecule has 24 nitrogen and oxygen atoms in total. The van der Waals surface area contributed by atoms with Crippen molar-refractivity contribution in [1.29, 1.82) is 5.26 Å². The van der Waals surface area contributed by atoms with E-state index >= 15 is 4.39 Å². The molecular weight excluding hydrogens is 1000 g/mol. The van der Waals surface area contributed by atoms with Gasteiger partial charge in [-0.15, -0.1) is 10.3 Å². The number of fused-ring (bicyclic) bond motifs is 4. The zero-order valence-corrected chi connectivity index (χ0v) is 43.1. The number of alkyl halides is 1. The van der Waals surface area contributed by atoms with Gasteiger partial charge >= 0.3 is 14.5 Å². The highest BCUT2D eigenvalue weighted by Gasteiger charge is 2.54. The van der Waals surface area contributed by atoms with E-state index in [1.165, 1.54) is 18.0 Å². The number of H-pyrrole nitrogens is 1. The van der Waals surface area contributed by atoms with Crippen molar-refractivity contribution in [2.24, 2.45) is 5.92 Å². The Balaban J connectivity index is 0.00000153. The number of hydrogen-bond donors (Lipinski definition) is 4. The van der Waals surface area contributed by atoms with Crippen molar-refractivity contribution in [2.45, 2.75) is 88.8 Å². The summed E-state index contributed by atoms with van der Waals surface area (Å²) in [5.41, 5.74) is -0.379. The van der Waals surface area contributed by atoms with Crippen LogP contribution < -0.4 is 16.2 Å². The molecule has 29 heteroatoms. The fourth-order valence-electron chi connectivity index (χ4n) is 6.56. The lowest BCUT2D eigenvalue weighted by Gasteiger charge is -2.46. The summed E-state index contributed by atoms with van der Waals surface area (Å²) < 4.78 is 82.5. The number of imidazole rings is 2. The number of nitrogens with zero attached hydrogens (tertiary/aromatic N) is 8. The van der Waals surface area contributed by atoms with Gasteiger partial charge in [0.2, 0.25) is 12.2 Å². The fraction of sp³-hybridized carbons (Fsp3) is 0.537. The quantitative estimate of drug-likeness (QED) is 0.0623. The second-order valence-electron chi connectivity index (χ2n) is 17.2. The molecule has 5 aromatic rings. The number of nitrogens with one attached hydrogen (secondary N) is 3. The largest absolute Gasteiger partial charge is 0.472 e. The third kappa shape index (κ3) is 12.7. The molecule has 0 spiro atoms. The summed E-state index contributed by atoms with van der Waals surface area (Å²) in [5, 5.41) is 14.9. The summed E-state index contributed by atoms with van der Waals surface area (Å²) in [6, 6.07) is 10.3. The van der Waals surface area contributed by atoms with Crippen LogP contribution >= 0.6 is 24.9 Å². The Morgan fingerprint density at radius 3 is 2.46 bits per heavy atom. The molecule has 7 rings (SSSR count). The Labute approximate surface area is 408 Å². The second-order valence-corrected chi connectivity index (χ2v) is 25.5. The highest BCUT2D eigenvalue weighted by Crippen LogP contribution is 2.60. The number of methoxy groups -OCH3 is 1. The number of phosphoric ester groups is 1. The van der Waals surface area contributed by atoms with Gasteiger partial charge in [0.15, 0.2) is 34.4 Å². The first-order valence-electron chi connectivity index (χ1n) is 21.5. The van der Waals surface area contributed by atoms with Crippen LogP contribution in [0.1, 0.15) is 63.9 Å². The van der Waals surface area contributed by atoms with Gasteiger partial charge in [-0.1, -0.05) is 52.8 Å². The molecular formula is C41H56FN11O13P2S2. The number of amides is 1. The van der Waals surface area contributed by atoms with Crippen LogP contribution in [0.5, 0.6) is 0 Å². The SMILES string of the molecule is CC(C)C=O.CNc1nc2c(ncn2C2OC3COP(=O)(O)O[C@@H]([C@@H](F)n4cnc5c(NC(=O)c6ccccc6)ncnc54)C(OC)COP(=S)(OCCC#N)O[C@@H]2[C@@H]3OS(C)(C)C(C)(C)C)c(=O)[nH]1. The third-order valence-corrected chi connectivity index (χ3v) is 17.9. The Bertz CT molecular complexity index is 2830. The number of carbonyl (C=O) groups excluding carboxylic acids is 2. The number of aldehydes is 1. The molecule has 1 aromatic carbocycles. The van der Waals surface area contributed by atoms with Crippen LogP contribution in [0.3, 0.4) is 0 Å². The number of aromatic nitrogens is 8. The third-order valence-electron chi connectivity index (χ3n) is 10.9. The van der Waals surface area contributed by atoms with Crippen molar-refractivity contribution in [3.63, 3.8) is 0 Å². The van der Waals surface area contributed by atoms with Crippen molar-refractivity contribution < 1.29 is 59.7 Å². The number of phosphoric acid groups is 1. The van der Waals surface area contributed by atoms with E-state index in [1.54, 1.807) is 37.4 Å². The number of benzene rings is 1. The van der Waals surface area contributed by atoms with Gasteiger partial charge < -0.3 is 43.0 Å². The monoisotopic (exact) mass is 1060 g/mol. The number of carbonyl (C=O) groups is 2. The average molecular weight is 1060 g/mol. The molecule has 1 amide bonds. The fourth-order valence-corrected chi connectivity index (χ4v) is 10.6. The summed E-state index contributed by atoms with van der Waals surface area (Å²) in [5.74, 6) is -0.253. The van der Waals surface area contributed by atoms with E-state index in [9.17, 15) is 29.1 Å². The van der Waals surface area contributed by atoms with Gasteiger partial charge in [0.25, 0.3) is 11.5 Å². The Morgan fingerprint density at radius 2 is 1.81 bits per heavy atom. The molecule has 6 heterocycles. The van der Waals surface area contributed by atoms with E-state index < -0.39 is 97.3 Å². The molecule has 382 valence electrons. The molecule has 2 saturated heterocycles. The van der Waals surface area contributed by atoms with Crippen LogP contribution in [0, 0.1) is 17.2 Å². The van der Waals surface area contributed by atoms with Crippen LogP contribution in [0.4, 0.5) is 16.2 Å². The molecule has 0 aliphatic carbocycles. The first-order valence-corrected chi connectivity index (χ1v) is 28.0. The number of nitriles is 1. The molecule has 70 heavy (non-hydrogen) atoms. The van der Waals surface area contributed by atoms with Gasteiger partial charge in [-0.2, -0.15) is 10.2 Å². The number of ether oxygens (including phenoxy) is 2. The minimum Gasteiger partial charge on any atom is -0.376 e. The van der Waals surface area contributed by atoms with Crippen LogP contribution in [-0.4, -0.2) is 138 Å². The lowest BCUT2D eigenvalue weighted by atomic mass is 10.1. The minimum absolute atomic E-state index is 0.0192. The summed E-state index contributed by atoms with van der Waals surface area (Å²) in [4.78, 5) is 70.9. The summed E-state index contributed by atoms with van der Waals surface area (Å²) in [7, 11) is -4.65. The predicted molar refractivity (Wildman–Crippen MR) is 259 cm³/mol. The first-order chi connectivity index (χ1) is 33.1. The van der Waals surface area contributed by atoms with Crippen molar-refractivity contribution in [3.05, 3.63) is 65.2 Å². The molecule has 9 atom stereocenters. The van der Waals surface area contributed by atoms with Crippen molar-refractivity contribution >= 4 is 82.9 Å². The topological polar surface area (TPSA) is 300 Å². The van der Waals surface area contributed by atoms with Crippen LogP contribution in [0.2, 0.25) is 0 Å². The second kappa shape index (κ2) is 22.8. The number of aromatic amines is 1. The van der Waals surface area contributed by atoms with E-state index in [4.69, 9.17) is 48.1 Å². The highest BCUT2D eigenvalue weighted by molar-refractivity contribution is 8.29. The Hall–Kier alpha value is -4.65. The zero-order chi connectivity index (χ0) is 51.2. The molecule has 4 aromatic heterocycles. The van der Waals surface area contributed by atoms with Crippen LogP contribution in [0.15, 0.2) is 54.1 Å². The average Bonchev–Trinajstić information content (AvgIpc) is 4.04. The van der Waals surface area contributed by atoms with Gasteiger partial charge in [-0.3, -0.25) is 37.3 Å². The first kappa shape index (κ1) is 54.7. The maximum Gasteiger partial charge on any atom is 0.472 e. The van der Waals surface area contributed by atoms with E-state index in [2.05, 4.69) is 40.5 Å². The Kier molecular flexibility index (Phi) is 17.8. The molecule has 0 radical (unpaired) electrons. The highest BCUT2D eigenvalue weighted by atomic mass is 32.5. The van der Waals surface area contributed by atoms with Gasteiger partial charge in [0, 0.05) is 30.4 Å². The molecule has 0 saturated carbocycles. The van der Waals surface area contributed by atoms with Crippen molar-refractivity contribution in [3.8, 4) is 6.07 Å². The zero-order valence-electron chi connectivity index (χ0n) is 39.7. The molecule has 5 unspecified atom stereocenters. The number of anilines is 2. The number of halogens is 1. The van der Waals surface area contributed by atoms with Gasteiger partial charge in [-0.25, -0.2) is 28.9 Å². The lowest BCUT2D eigenvalue weighted by molar-refractivity contribution is -0.110. The van der Waals surface area contributed by atoms with Crippen LogP contribution in [-0.2, 0) is 57.4 Å². The minimum atomic E-state index is -5.31.